The fraction of sp³-hybridized carbons (Fsp3) is 0.526. The molecule has 1 saturated carbocycles. The van der Waals surface area contributed by atoms with E-state index in [9.17, 15) is 4.39 Å². The number of nitrogens with one attached hydrogen (secondary N) is 2. The molecule has 0 spiro atoms. The highest BCUT2D eigenvalue weighted by Gasteiger charge is 2.18. The lowest BCUT2D eigenvalue weighted by Gasteiger charge is -2.24. The Labute approximate surface area is 158 Å². The molecule has 1 unspecified atom stereocenters. The zero-order chi connectivity index (χ0) is 18.4. The van der Waals surface area contributed by atoms with Crippen molar-refractivity contribution < 1.29 is 4.39 Å². The molecule has 2 heterocycles. The van der Waals surface area contributed by atoms with Gasteiger partial charge < -0.3 is 10.6 Å². The number of rotatable bonds is 7. The van der Waals surface area contributed by atoms with Gasteiger partial charge in [-0.3, -0.25) is 0 Å². The van der Waals surface area contributed by atoms with Crippen LogP contribution in [0, 0.1) is 0 Å². The Morgan fingerprint density at radius 1 is 1.23 bits per heavy atom. The molecular formula is C19H25ClFN5. The molecule has 0 aliphatic heterocycles. The molecule has 1 aliphatic carbocycles. The van der Waals surface area contributed by atoms with Crippen molar-refractivity contribution in [3.63, 3.8) is 0 Å². The first-order valence-corrected chi connectivity index (χ1v) is 9.68. The van der Waals surface area contributed by atoms with Gasteiger partial charge in [0.2, 0.25) is 5.95 Å². The van der Waals surface area contributed by atoms with Gasteiger partial charge in [0, 0.05) is 18.8 Å². The minimum absolute atomic E-state index is 0.203. The van der Waals surface area contributed by atoms with E-state index in [2.05, 4.69) is 25.6 Å². The smallest absolute Gasteiger partial charge is 0.224 e. The third kappa shape index (κ3) is 5.04. The molecule has 3 rings (SSSR count). The Bertz CT molecular complexity index is 721. The number of nitrogens with zero attached hydrogens (tertiary/aromatic N) is 3. The van der Waals surface area contributed by atoms with E-state index in [4.69, 9.17) is 11.6 Å². The van der Waals surface area contributed by atoms with Crippen molar-refractivity contribution in [2.75, 3.05) is 17.2 Å². The molecule has 0 saturated heterocycles. The van der Waals surface area contributed by atoms with Gasteiger partial charge in [0.1, 0.15) is 17.1 Å². The number of hydrogen-bond acceptors (Lipinski definition) is 5. The van der Waals surface area contributed by atoms with Gasteiger partial charge in [0.05, 0.1) is 11.3 Å². The van der Waals surface area contributed by atoms with E-state index < -0.39 is 6.17 Å². The summed E-state index contributed by atoms with van der Waals surface area (Å²) in [6, 6.07) is 5.87. The average Bonchev–Trinajstić information content (AvgIpc) is 2.67. The van der Waals surface area contributed by atoms with Gasteiger partial charge in [-0.25, -0.2) is 14.4 Å². The van der Waals surface area contributed by atoms with Gasteiger partial charge in [-0.05, 0) is 31.4 Å². The van der Waals surface area contributed by atoms with Crippen molar-refractivity contribution in [2.45, 2.75) is 57.7 Å². The van der Waals surface area contributed by atoms with Crippen molar-refractivity contribution in [3.8, 4) is 11.3 Å². The fourth-order valence-corrected chi connectivity index (χ4v) is 3.27. The lowest BCUT2D eigenvalue weighted by Crippen LogP contribution is -2.24. The van der Waals surface area contributed by atoms with Crippen LogP contribution in [0.25, 0.3) is 11.3 Å². The highest BCUT2D eigenvalue weighted by Crippen LogP contribution is 2.29. The molecular weight excluding hydrogens is 353 g/mol. The van der Waals surface area contributed by atoms with Crippen molar-refractivity contribution >= 4 is 23.4 Å². The van der Waals surface area contributed by atoms with E-state index in [0.29, 0.717) is 23.6 Å². The lowest BCUT2D eigenvalue weighted by molar-refractivity contribution is 0.340. The number of halogens is 2. The highest BCUT2D eigenvalue weighted by atomic mass is 35.5. The van der Waals surface area contributed by atoms with Crippen molar-refractivity contribution in [1.29, 1.82) is 0 Å². The van der Waals surface area contributed by atoms with E-state index in [1.165, 1.54) is 19.3 Å². The maximum absolute atomic E-state index is 13.5. The van der Waals surface area contributed by atoms with Gasteiger partial charge in [-0.1, -0.05) is 43.9 Å². The molecule has 140 valence electrons. The van der Waals surface area contributed by atoms with Gasteiger partial charge in [0.25, 0.3) is 0 Å². The Morgan fingerprint density at radius 3 is 2.77 bits per heavy atom. The van der Waals surface area contributed by atoms with E-state index >= 15 is 0 Å². The average molecular weight is 378 g/mol. The first-order chi connectivity index (χ1) is 12.7. The van der Waals surface area contributed by atoms with Crippen LogP contribution >= 0.6 is 11.6 Å². The second-order valence-corrected chi connectivity index (χ2v) is 7.05. The van der Waals surface area contributed by atoms with Crippen molar-refractivity contribution in [2.24, 2.45) is 0 Å². The van der Waals surface area contributed by atoms with Crippen LogP contribution in [-0.2, 0) is 0 Å². The van der Waals surface area contributed by atoms with E-state index in [-0.39, 0.29) is 6.54 Å². The first-order valence-electron chi connectivity index (χ1n) is 9.30. The topological polar surface area (TPSA) is 62.7 Å². The normalized spacial score (nSPS) is 16.3. The highest BCUT2D eigenvalue weighted by molar-refractivity contribution is 6.29. The lowest BCUT2D eigenvalue weighted by atomic mass is 9.95. The maximum atomic E-state index is 13.5. The molecule has 0 bridgehead atoms. The second kappa shape index (κ2) is 9.12. The molecule has 1 fully saturated rings. The van der Waals surface area contributed by atoms with Crippen LogP contribution < -0.4 is 10.6 Å². The molecule has 7 heteroatoms. The number of alkyl halides is 1. The quantitative estimate of drug-likeness (QED) is 0.657. The van der Waals surface area contributed by atoms with Crippen LogP contribution in [0.4, 0.5) is 16.2 Å². The zero-order valence-electron chi connectivity index (χ0n) is 15.0. The first kappa shape index (κ1) is 18.8. The molecule has 2 aromatic heterocycles. The number of anilines is 2. The number of aromatic nitrogens is 3. The van der Waals surface area contributed by atoms with Crippen LogP contribution in [0.5, 0.6) is 0 Å². The monoisotopic (exact) mass is 377 g/mol. The maximum Gasteiger partial charge on any atom is 0.224 e. The van der Waals surface area contributed by atoms with Crippen LogP contribution in [0.1, 0.15) is 45.4 Å². The largest absolute Gasteiger partial charge is 0.367 e. The summed E-state index contributed by atoms with van der Waals surface area (Å²) in [5.74, 6) is 1.14. The van der Waals surface area contributed by atoms with Crippen LogP contribution in [0.3, 0.4) is 0 Å². The predicted octanol–water partition coefficient (Wildman–Crippen LogP) is 5.10. The summed E-state index contributed by atoms with van der Waals surface area (Å²) in [5, 5.41) is 6.95. The summed E-state index contributed by atoms with van der Waals surface area (Å²) < 4.78 is 13.5. The fourth-order valence-electron chi connectivity index (χ4n) is 3.11. The summed E-state index contributed by atoms with van der Waals surface area (Å²) >= 11 is 6.04. The van der Waals surface area contributed by atoms with Gasteiger partial charge >= 0.3 is 0 Å². The Hall–Kier alpha value is -1.95. The van der Waals surface area contributed by atoms with Gasteiger partial charge in [-0.2, -0.15) is 4.98 Å². The molecule has 0 amide bonds. The van der Waals surface area contributed by atoms with Crippen LogP contribution in [0.15, 0.2) is 24.4 Å². The Morgan fingerprint density at radius 2 is 2.04 bits per heavy atom. The zero-order valence-corrected chi connectivity index (χ0v) is 15.8. The molecule has 5 nitrogen and oxygen atoms in total. The number of hydrogen-bond donors (Lipinski definition) is 2. The third-order valence-corrected chi connectivity index (χ3v) is 4.86. The van der Waals surface area contributed by atoms with Gasteiger partial charge in [0.15, 0.2) is 0 Å². The molecule has 1 aliphatic rings. The Kier molecular flexibility index (Phi) is 6.61. The molecule has 2 aromatic rings. The molecule has 0 aromatic carbocycles. The summed E-state index contributed by atoms with van der Waals surface area (Å²) in [7, 11) is 0. The molecule has 26 heavy (non-hydrogen) atoms. The molecule has 2 N–H and O–H groups in total. The summed E-state index contributed by atoms with van der Waals surface area (Å²) in [6.07, 6.45) is 7.24. The summed E-state index contributed by atoms with van der Waals surface area (Å²) in [6.45, 7) is 2.02. The van der Waals surface area contributed by atoms with Crippen LogP contribution in [0.2, 0.25) is 5.15 Å². The molecule has 0 radical (unpaired) electrons. The minimum atomic E-state index is -0.914. The van der Waals surface area contributed by atoms with E-state index in [0.717, 1.165) is 29.9 Å². The SMILES string of the molecule is CCC(F)CNc1ncc(-c2cccc(Cl)n2)c(NC2CCCCC2)n1. The summed E-state index contributed by atoms with van der Waals surface area (Å²) in [4.78, 5) is 13.3. The third-order valence-electron chi connectivity index (χ3n) is 4.65. The summed E-state index contributed by atoms with van der Waals surface area (Å²) in [5.41, 5.74) is 1.52. The second-order valence-electron chi connectivity index (χ2n) is 6.67. The Balaban J connectivity index is 1.86. The van der Waals surface area contributed by atoms with Crippen molar-refractivity contribution in [3.05, 3.63) is 29.5 Å². The van der Waals surface area contributed by atoms with E-state index in [1.807, 2.05) is 19.1 Å². The standard InChI is InChI=1S/C19H25ClFN5/c1-2-13(21)11-22-19-23-12-15(16-9-6-10-17(20)25-16)18(26-19)24-14-7-4-3-5-8-14/h6,9-10,12-14H,2-5,7-8,11H2,1H3,(H2,22,23,24,26). The van der Waals surface area contributed by atoms with Crippen LogP contribution in [-0.4, -0.2) is 33.7 Å². The van der Waals surface area contributed by atoms with Gasteiger partial charge in [-0.15, -0.1) is 0 Å². The van der Waals surface area contributed by atoms with E-state index in [1.54, 1.807) is 12.3 Å². The molecule has 1 atom stereocenters. The predicted molar refractivity (Wildman–Crippen MR) is 104 cm³/mol. The van der Waals surface area contributed by atoms with Crippen molar-refractivity contribution in [1.82, 2.24) is 15.0 Å². The number of pyridine rings is 1. The minimum Gasteiger partial charge on any atom is -0.367 e.